The smallest absolute Gasteiger partial charge is 0.0474 e. The van der Waals surface area contributed by atoms with Gasteiger partial charge in [0.15, 0.2) is 0 Å². The summed E-state index contributed by atoms with van der Waals surface area (Å²) in [5, 5.41) is 0.668. The first-order valence-electron chi connectivity index (χ1n) is 6.57. The van der Waals surface area contributed by atoms with Gasteiger partial charge in [-0.15, -0.1) is 0 Å². The molecule has 19 heavy (non-hydrogen) atoms. The Hall–Kier alpha value is 0.450. The summed E-state index contributed by atoms with van der Waals surface area (Å²) in [7, 11) is 0. The maximum Gasteiger partial charge on any atom is 0.0474 e. The van der Waals surface area contributed by atoms with Gasteiger partial charge in [-0.05, 0) is 56.5 Å². The second kappa shape index (κ2) is 6.94. The maximum absolute atomic E-state index is 6.06. The minimum absolute atomic E-state index is 0.308. The molecular weight excluding hydrogens is 388 g/mol. The Morgan fingerprint density at radius 2 is 2.11 bits per heavy atom. The zero-order valence-corrected chi connectivity index (χ0v) is 15.3. The lowest BCUT2D eigenvalue weighted by Gasteiger charge is -2.42. The Labute approximate surface area is 136 Å². The van der Waals surface area contributed by atoms with Crippen LogP contribution in [-0.2, 0) is 0 Å². The van der Waals surface area contributed by atoms with Crippen LogP contribution in [0.4, 0.5) is 0 Å². The van der Waals surface area contributed by atoms with Gasteiger partial charge >= 0.3 is 0 Å². The van der Waals surface area contributed by atoms with Crippen molar-refractivity contribution in [3.8, 4) is 0 Å². The molecule has 2 N–H and O–H groups in total. The third kappa shape index (κ3) is 3.56. The summed E-state index contributed by atoms with van der Waals surface area (Å²) in [6.45, 7) is 6.40. The molecule has 1 aliphatic rings. The Kier molecular flexibility index (Phi) is 5.78. The van der Waals surface area contributed by atoms with Gasteiger partial charge in [0, 0.05) is 45.1 Å². The monoisotopic (exact) mass is 406 g/mol. The molecule has 1 aromatic carbocycles. The molecule has 1 aliphatic heterocycles. The average molecular weight is 408 g/mol. The van der Waals surface area contributed by atoms with E-state index in [-0.39, 0.29) is 0 Å². The van der Waals surface area contributed by atoms with Crippen molar-refractivity contribution in [1.82, 2.24) is 4.90 Å². The van der Waals surface area contributed by atoms with Gasteiger partial charge in [0.1, 0.15) is 0 Å². The SMILES string of the molecule is CC1SCCN(C(CN)c2ccc(Br)c(Br)c2)C1C. The number of hydrogen-bond acceptors (Lipinski definition) is 3. The predicted octanol–water partition coefficient (Wildman–Crippen LogP) is 4.04. The Balaban J connectivity index is 2.25. The van der Waals surface area contributed by atoms with Gasteiger partial charge in [-0.2, -0.15) is 11.8 Å². The number of benzene rings is 1. The van der Waals surface area contributed by atoms with E-state index in [2.05, 4.69) is 80.6 Å². The normalized spacial score (nSPS) is 26.4. The van der Waals surface area contributed by atoms with Crippen molar-refractivity contribution >= 4 is 43.6 Å². The fourth-order valence-electron chi connectivity index (χ4n) is 2.58. The second-order valence-electron chi connectivity index (χ2n) is 4.98. The summed E-state index contributed by atoms with van der Waals surface area (Å²) in [6.07, 6.45) is 0. The molecule has 106 valence electrons. The molecule has 1 aromatic rings. The summed E-state index contributed by atoms with van der Waals surface area (Å²) in [5.74, 6) is 1.19. The van der Waals surface area contributed by atoms with Crippen molar-refractivity contribution in [2.24, 2.45) is 5.73 Å². The molecule has 0 radical (unpaired) electrons. The highest BCUT2D eigenvalue weighted by Gasteiger charge is 2.30. The fraction of sp³-hybridized carbons (Fsp3) is 0.571. The van der Waals surface area contributed by atoms with Crippen molar-refractivity contribution in [1.29, 1.82) is 0 Å². The van der Waals surface area contributed by atoms with Gasteiger partial charge in [0.25, 0.3) is 0 Å². The zero-order valence-electron chi connectivity index (χ0n) is 11.3. The number of nitrogens with zero attached hydrogens (tertiary/aromatic N) is 1. The lowest BCUT2D eigenvalue weighted by molar-refractivity contribution is 0.150. The van der Waals surface area contributed by atoms with Gasteiger partial charge in [-0.3, -0.25) is 4.90 Å². The van der Waals surface area contributed by atoms with Crippen molar-refractivity contribution in [3.05, 3.63) is 32.7 Å². The number of thioether (sulfide) groups is 1. The molecule has 1 saturated heterocycles. The number of hydrogen-bond donors (Lipinski definition) is 1. The molecule has 2 rings (SSSR count). The second-order valence-corrected chi connectivity index (χ2v) is 8.17. The van der Waals surface area contributed by atoms with E-state index < -0.39 is 0 Å². The van der Waals surface area contributed by atoms with Gasteiger partial charge in [0.05, 0.1) is 0 Å². The molecule has 1 heterocycles. The van der Waals surface area contributed by atoms with Crippen LogP contribution in [0.1, 0.15) is 25.5 Å². The molecule has 3 unspecified atom stereocenters. The first-order chi connectivity index (χ1) is 9.04. The quantitative estimate of drug-likeness (QED) is 0.819. The Morgan fingerprint density at radius 1 is 1.37 bits per heavy atom. The number of nitrogens with two attached hydrogens (primary N) is 1. The number of rotatable bonds is 3. The highest BCUT2D eigenvalue weighted by molar-refractivity contribution is 9.13. The van der Waals surface area contributed by atoms with Crippen LogP contribution in [0.2, 0.25) is 0 Å². The molecule has 0 aliphatic carbocycles. The molecule has 0 bridgehead atoms. The number of halogens is 2. The Morgan fingerprint density at radius 3 is 2.74 bits per heavy atom. The minimum Gasteiger partial charge on any atom is -0.329 e. The van der Waals surface area contributed by atoms with Crippen molar-refractivity contribution in [3.63, 3.8) is 0 Å². The van der Waals surface area contributed by atoms with Gasteiger partial charge < -0.3 is 5.73 Å². The van der Waals surface area contributed by atoms with Gasteiger partial charge in [-0.25, -0.2) is 0 Å². The first-order valence-corrected chi connectivity index (χ1v) is 9.20. The van der Waals surface area contributed by atoms with Crippen LogP contribution in [-0.4, -0.2) is 35.0 Å². The first kappa shape index (κ1) is 15.8. The summed E-state index contributed by atoms with van der Waals surface area (Å²) < 4.78 is 2.18. The lowest BCUT2D eigenvalue weighted by atomic mass is 10.0. The highest BCUT2D eigenvalue weighted by Crippen LogP contribution is 2.33. The van der Waals surface area contributed by atoms with Crippen LogP contribution in [0, 0.1) is 0 Å². The third-order valence-electron chi connectivity index (χ3n) is 3.88. The molecule has 0 spiro atoms. The van der Waals surface area contributed by atoms with E-state index in [9.17, 15) is 0 Å². The zero-order chi connectivity index (χ0) is 14.0. The largest absolute Gasteiger partial charge is 0.329 e. The summed E-state index contributed by atoms with van der Waals surface area (Å²) in [4.78, 5) is 2.55. The van der Waals surface area contributed by atoms with E-state index in [1.165, 1.54) is 11.3 Å². The highest BCUT2D eigenvalue weighted by atomic mass is 79.9. The van der Waals surface area contributed by atoms with E-state index in [0.29, 0.717) is 23.9 Å². The molecule has 2 nitrogen and oxygen atoms in total. The molecular formula is C14H20Br2N2S. The molecule has 5 heteroatoms. The summed E-state index contributed by atoms with van der Waals surface area (Å²) in [5.41, 5.74) is 7.35. The molecule has 1 fully saturated rings. The van der Waals surface area contributed by atoms with Crippen LogP contribution >= 0.6 is 43.6 Å². The predicted molar refractivity (Wildman–Crippen MR) is 91.7 cm³/mol. The molecule has 0 aromatic heterocycles. The minimum atomic E-state index is 0.308. The van der Waals surface area contributed by atoms with Gasteiger partial charge in [0.2, 0.25) is 0 Å². The van der Waals surface area contributed by atoms with Gasteiger partial charge in [-0.1, -0.05) is 13.0 Å². The van der Waals surface area contributed by atoms with Crippen LogP contribution in [0.3, 0.4) is 0 Å². The molecule has 0 saturated carbocycles. The van der Waals surface area contributed by atoms with E-state index in [1.807, 2.05) is 0 Å². The molecule has 3 atom stereocenters. The third-order valence-corrected chi connectivity index (χ3v) is 7.10. The summed E-state index contributed by atoms with van der Waals surface area (Å²) in [6, 6.07) is 7.32. The summed E-state index contributed by atoms with van der Waals surface area (Å²) >= 11 is 9.17. The fourth-order valence-corrected chi connectivity index (χ4v) is 4.34. The lowest BCUT2D eigenvalue weighted by Crippen LogP contribution is -2.48. The van der Waals surface area contributed by atoms with E-state index in [4.69, 9.17) is 5.73 Å². The van der Waals surface area contributed by atoms with Crippen LogP contribution in [0.5, 0.6) is 0 Å². The van der Waals surface area contributed by atoms with E-state index >= 15 is 0 Å². The van der Waals surface area contributed by atoms with Crippen LogP contribution in [0.15, 0.2) is 27.1 Å². The molecule has 0 amide bonds. The topological polar surface area (TPSA) is 29.3 Å². The van der Waals surface area contributed by atoms with Crippen molar-refractivity contribution < 1.29 is 0 Å². The Bertz CT molecular complexity index is 441. The standard InChI is InChI=1S/C14H20Br2N2S/c1-9-10(2)19-6-5-18(9)14(8-17)11-3-4-12(15)13(16)7-11/h3-4,7,9-10,14H,5-6,8,17H2,1-2H3. The van der Waals surface area contributed by atoms with Crippen LogP contribution < -0.4 is 5.73 Å². The maximum atomic E-state index is 6.06. The van der Waals surface area contributed by atoms with E-state index in [1.54, 1.807) is 0 Å². The van der Waals surface area contributed by atoms with E-state index in [0.717, 1.165) is 15.5 Å². The average Bonchev–Trinajstić information content (AvgIpc) is 2.39. The van der Waals surface area contributed by atoms with Crippen molar-refractivity contribution in [2.45, 2.75) is 31.2 Å². The van der Waals surface area contributed by atoms with Crippen LogP contribution in [0.25, 0.3) is 0 Å². The van der Waals surface area contributed by atoms with Crippen molar-refractivity contribution in [2.75, 3.05) is 18.8 Å².